The molecule has 2 atom stereocenters. The number of hydrogen-bond acceptors (Lipinski definition) is 3. The maximum Gasteiger partial charge on any atom is 0.233 e. The van der Waals surface area contributed by atoms with Gasteiger partial charge in [0.2, 0.25) is 11.8 Å². The Bertz CT molecular complexity index is 351. The SMILES string of the molecule is CC1CCC(CO)(N2C(=O)C3CC3C2=O)CC1. The minimum Gasteiger partial charge on any atom is -0.394 e. The van der Waals surface area contributed by atoms with Crippen molar-refractivity contribution in [3.63, 3.8) is 0 Å². The van der Waals surface area contributed by atoms with Crippen molar-refractivity contribution >= 4 is 11.8 Å². The van der Waals surface area contributed by atoms with E-state index in [1.165, 1.54) is 4.90 Å². The summed E-state index contributed by atoms with van der Waals surface area (Å²) in [5, 5.41) is 9.68. The average molecular weight is 237 g/mol. The second-order valence-corrected chi connectivity index (χ2v) is 6.03. The molecule has 4 heteroatoms. The third-order valence-corrected chi connectivity index (χ3v) is 4.84. The number of amides is 2. The first kappa shape index (κ1) is 11.2. The Labute approximate surface area is 101 Å². The molecule has 0 aromatic carbocycles. The highest BCUT2D eigenvalue weighted by atomic mass is 16.3. The van der Waals surface area contributed by atoms with E-state index in [1.54, 1.807) is 0 Å². The van der Waals surface area contributed by atoms with Gasteiger partial charge in [-0.05, 0) is 38.0 Å². The van der Waals surface area contributed by atoms with Crippen molar-refractivity contribution in [3.05, 3.63) is 0 Å². The van der Waals surface area contributed by atoms with E-state index in [2.05, 4.69) is 6.92 Å². The van der Waals surface area contributed by atoms with Crippen LogP contribution in [0, 0.1) is 17.8 Å². The summed E-state index contributed by atoms with van der Waals surface area (Å²) in [5.74, 6) is 0.486. The van der Waals surface area contributed by atoms with Gasteiger partial charge in [0.05, 0.1) is 24.0 Å². The van der Waals surface area contributed by atoms with E-state index in [0.717, 1.165) is 32.1 Å². The molecule has 17 heavy (non-hydrogen) atoms. The van der Waals surface area contributed by atoms with Crippen molar-refractivity contribution in [2.24, 2.45) is 17.8 Å². The fraction of sp³-hybridized carbons (Fsp3) is 0.846. The van der Waals surface area contributed by atoms with Crippen LogP contribution in [0.4, 0.5) is 0 Å². The number of likely N-dealkylation sites (tertiary alicyclic amines) is 1. The van der Waals surface area contributed by atoms with Gasteiger partial charge in [0.25, 0.3) is 0 Å². The molecule has 2 unspecified atom stereocenters. The van der Waals surface area contributed by atoms with E-state index in [1.807, 2.05) is 0 Å². The van der Waals surface area contributed by atoms with Crippen LogP contribution in [-0.2, 0) is 9.59 Å². The van der Waals surface area contributed by atoms with Crippen LogP contribution in [0.3, 0.4) is 0 Å². The van der Waals surface area contributed by atoms with Gasteiger partial charge in [0, 0.05) is 0 Å². The van der Waals surface area contributed by atoms with Crippen LogP contribution in [-0.4, -0.2) is 34.0 Å². The molecule has 3 aliphatic rings. The highest BCUT2D eigenvalue weighted by molar-refractivity contribution is 6.09. The lowest BCUT2D eigenvalue weighted by Crippen LogP contribution is -2.57. The van der Waals surface area contributed by atoms with E-state index in [9.17, 15) is 14.7 Å². The largest absolute Gasteiger partial charge is 0.394 e. The molecular formula is C13H19NO3. The summed E-state index contributed by atoms with van der Waals surface area (Å²) in [4.78, 5) is 25.6. The molecule has 2 amide bonds. The topological polar surface area (TPSA) is 57.6 Å². The van der Waals surface area contributed by atoms with E-state index < -0.39 is 5.54 Å². The van der Waals surface area contributed by atoms with Gasteiger partial charge in [-0.2, -0.15) is 0 Å². The van der Waals surface area contributed by atoms with Gasteiger partial charge in [-0.25, -0.2) is 0 Å². The summed E-state index contributed by atoms with van der Waals surface area (Å²) < 4.78 is 0. The molecule has 0 aromatic rings. The van der Waals surface area contributed by atoms with Crippen molar-refractivity contribution in [1.29, 1.82) is 0 Å². The van der Waals surface area contributed by atoms with Gasteiger partial charge in [-0.1, -0.05) is 6.92 Å². The maximum atomic E-state index is 12.1. The van der Waals surface area contributed by atoms with Crippen LogP contribution in [0.15, 0.2) is 0 Å². The second-order valence-electron chi connectivity index (χ2n) is 6.03. The maximum absolute atomic E-state index is 12.1. The fourth-order valence-corrected chi connectivity index (χ4v) is 3.40. The number of nitrogens with zero attached hydrogens (tertiary/aromatic N) is 1. The molecule has 3 rings (SSSR count). The van der Waals surface area contributed by atoms with Crippen LogP contribution < -0.4 is 0 Å². The lowest BCUT2D eigenvalue weighted by molar-refractivity contribution is -0.153. The second kappa shape index (κ2) is 3.55. The molecule has 1 N–H and O–H groups in total. The third kappa shape index (κ3) is 1.46. The summed E-state index contributed by atoms with van der Waals surface area (Å²) in [6.07, 6.45) is 4.26. The lowest BCUT2D eigenvalue weighted by atomic mass is 9.76. The predicted octanol–water partition coefficient (Wildman–Crippen LogP) is 0.932. The van der Waals surface area contributed by atoms with Crippen LogP contribution in [0.1, 0.15) is 39.0 Å². The first-order chi connectivity index (χ1) is 8.09. The van der Waals surface area contributed by atoms with Crippen LogP contribution in [0.5, 0.6) is 0 Å². The molecule has 3 fully saturated rings. The monoisotopic (exact) mass is 237 g/mol. The zero-order valence-electron chi connectivity index (χ0n) is 10.2. The van der Waals surface area contributed by atoms with E-state index in [-0.39, 0.29) is 30.3 Å². The number of fused-ring (bicyclic) bond motifs is 1. The molecule has 1 heterocycles. The molecule has 0 bridgehead atoms. The fourth-order valence-electron chi connectivity index (χ4n) is 3.40. The lowest BCUT2D eigenvalue weighted by Gasteiger charge is -2.44. The van der Waals surface area contributed by atoms with E-state index >= 15 is 0 Å². The number of hydrogen-bond donors (Lipinski definition) is 1. The molecule has 4 nitrogen and oxygen atoms in total. The molecule has 1 aliphatic heterocycles. The molecule has 0 spiro atoms. The molecule has 0 radical (unpaired) electrons. The number of aliphatic hydroxyl groups is 1. The van der Waals surface area contributed by atoms with Crippen LogP contribution >= 0.6 is 0 Å². The Kier molecular flexibility index (Phi) is 2.34. The van der Waals surface area contributed by atoms with Gasteiger partial charge in [0.15, 0.2) is 0 Å². The molecule has 2 aliphatic carbocycles. The number of carbonyl (C=O) groups is 2. The zero-order valence-corrected chi connectivity index (χ0v) is 10.2. The van der Waals surface area contributed by atoms with E-state index in [4.69, 9.17) is 0 Å². The molecule has 0 aromatic heterocycles. The quantitative estimate of drug-likeness (QED) is 0.727. The summed E-state index contributed by atoms with van der Waals surface area (Å²) in [6.45, 7) is 2.11. The Morgan fingerprint density at radius 2 is 1.76 bits per heavy atom. The van der Waals surface area contributed by atoms with Crippen molar-refractivity contribution < 1.29 is 14.7 Å². The van der Waals surface area contributed by atoms with Crippen molar-refractivity contribution in [1.82, 2.24) is 4.90 Å². The number of imide groups is 1. The number of rotatable bonds is 2. The Morgan fingerprint density at radius 1 is 1.24 bits per heavy atom. The van der Waals surface area contributed by atoms with Crippen molar-refractivity contribution in [3.8, 4) is 0 Å². The average Bonchev–Trinajstić information content (AvgIpc) is 3.07. The van der Waals surface area contributed by atoms with Crippen LogP contribution in [0.25, 0.3) is 0 Å². The molecule has 1 saturated heterocycles. The standard InChI is InChI=1S/C13H19NO3/c1-8-2-4-13(7-15,5-3-8)14-11(16)9-6-10(9)12(14)17/h8-10,15H,2-7H2,1H3. The van der Waals surface area contributed by atoms with E-state index in [0.29, 0.717) is 5.92 Å². The minimum absolute atomic E-state index is 0.0244. The Hall–Kier alpha value is -0.900. The van der Waals surface area contributed by atoms with Gasteiger partial charge in [0.1, 0.15) is 0 Å². The molecule has 2 saturated carbocycles. The smallest absolute Gasteiger partial charge is 0.233 e. The number of piperidine rings is 1. The van der Waals surface area contributed by atoms with Crippen molar-refractivity contribution in [2.75, 3.05) is 6.61 Å². The van der Waals surface area contributed by atoms with Gasteiger partial charge < -0.3 is 5.11 Å². The minimum atomic E-state index is -0.575. The number of aliphatic hydroxyl groups excluding tert-OH is 1. The third-order valence-electron chi connectivity index (χ3n) is 4.84. The highest BCUT2D eigenvalue weighted by Crippen LogP contribution is 2.51. The molecule has 94 valence electrons. The highest BCUT2D eigenvalue weighted by Gasteiger charge is 2.63. The Morgan fingerprint density at radius 3 is 2.24 bits per heavy atom. The summed E-state index contributed by atoms with van der Waals surface area (Å²) in [5.41, 5.74) is -0.575. The van der Waals surface area contributed by atoms with Crippen LogP contribution in [0.2, 0.25) is 0 Å². The van der Waals surface area contributed by atoms with Gasteiger partial charge in [-0.3, -0.25) is 14.5 Å². The Balaban J connectivity index is 1.86. The van der Waals surface area contributed by atoms with Gasteiger partial charge >= 0.3 is 0 Å². The normalized spacial score (nSPS) is 45.1. The summed E-state index contributed by atoms with van der Waals surface area (Å²) >= 11 is 0. The first-order valence-electron chi connectivity index (χ1n) is 6.58. The summed E-state index contributed by atoms with van der Waals surface area (Å²) in [7, 11) is 0. The van der Waals surface area contributed by atoms with Crippen molar-refractivity contribution in [2.45, 2.75) is 44.6 Å². The summed E-state index contributed by atoms with van der Waals surface area (Å²) in [6, 6.07) is 0. The zero-order chi connectivity index (χ0) is 12.2. The molecular weight excluding hydrogens is 218 g/mol. The van der Waals surface area contributed by atoms with Gasteiger partial charge in [-0.15, -0.1) is 0 Å². The first-order valence-corrected chi connectivity index (χ1v) is 6.58. The number of carbonyl (C=O) groups excluding carboxylic acids is 2. The predicted molar refractivity (Wildman–Crippen MR) is 60.9 cm³/mol.